The summed E-state index contributed by atoms with van der Waals surface area (Å²) < 4.78 is 0. The Labute approximate surface area is 244 Å². The molecule has 0 heterocycles. The Hall–Kier alpha value is -2.18. The maximum absolute atomic E-state index is 13.8. The van der Waals surface area contributed by atoms with Crippen molar-refractivity contribution >= 4 is 58.4 Å². The molecule has 38 heavy (non-hydrogen) atoms. The highest BCUT2D eigenvalue weighted by Crippen LogP contribution is 2.26. The number of thioether (sulfide) groups is 1. The molecule has 3 aromatic carbocycles. The number of nitrogens with one attached hydrogen (secondary N) is 1. The zero-order chi connectivity index (χ0) is 26.9. The Kier molecular flexibility index (Phi) is 10.8. The van der Waals surface area contributed by atoms with Gasteiger partial charge in [0.2, 0.25) is 11.8 Å². The van der Waals surface area contributed by atoms with Gasteiger partial charge >= 0.3 is 0 Å². The average molecular weight is 590 g/mol. The van der Waals surface area contributed by atoms with Crippen molar-refractivity contribution in [2.75, 3.05) is 5.75 Å². The van der Waals surface area contributed by atoms with E-state index in [4.69, 9.17) is 34.8 Å². The largest absolute Gasteiger partial charge is 0.352 e. The number of carbonyl (C=O) groups is 2. The predicted molar refractivity (Wildman–Crippen MR) is 159 cm³/mol. The standard InChI is InChI=1S/C30H31Cl3N2O2S/c31-24-13-10-22(11-14-24)18-35(29(36)20-38-19-23-12-15-26(32)27(33)16-23)28(17-21-6-2-1-3-7-21)30(37)34-25-8-4-5-9-25/h1-3,6-7,10-16,25,28H,4-5,8-9,17-20H2,(H,34,37)/t28-/m0/s1. The zero-order valence-electron chi connectivity index (χ0n) is 21.0. The smallest absolute Gasteiger partial charge is 0.243 e. The number of hydrogen-bond acceptors (Lipinski definition) is 3. The van der Waals surface area contributed by atoms with Crippen LogP contribution in [0, 0.1) is 0 Å². The van der Waals surface area contributed by atoms with E-state index >= 15 is 0 Å². The minimum absolute atomic E-state index is 0.0903. The first-order valence-corrected chi connectivity index (χ1v) is 15.1. The van der Waals surface area contributed by atoms with Crippen molar-refractivity contribution in [3.05, 3.63) is 105 Å². The second kappa shape index (κ2) is 14.3. The number of carbonyl (C=O) groups excluding carboxylic acids is 2. The van der Waals surface area contributed by atoms with Crippen LogP contribution < -0.4 is 5.32 Å². The van der Waals surface area contributed by atoms with Gasteiger partial charge in [0.05, 0.1) is 15.8 Å². The van der Waals surface area contributed by atoms with Crippen LogP contribution in [0.1, 0.15) is 42.4 Å². The highest BCUT2D eigenvalue weighted by atomic mass is 35.5. The molecule has 1 aliphatic carbocycles. The highest BCUT2D eigenvalue weighted by molar-refractivity contribution is 7.99. The molecule has 8 heteroatoms. The molecule has 200 valence electrons. The van der Waals surface area contributed by atoms with E-state index in [9.17, 15) is 9.59 Å². The summed E-state index contributed by atoms with van der Waals surface area (Å²) in [7, 11) is 0. The van der Waals surface area contributed by atoms with E-state index in [0.717, 1.165) is 42.4 Å². The van der Waals surface area contributed by atoms with Crippen LogP contribution >= 0.6 is 46.6 Å². The third-order valence-corrected chi connectivity index (χ3v) is 8.70. The Morgan fingerprint density at radius 2 is 1.55 bits per heavy atom. The minimum atomic E-state index is -0.633. The van der Waals surface area contributed by atoms with Crippen LogP contribution in [0.15, 0.2) is 72.8 Å². The topological polar surface area (TPSA) is 49.4 Å². The van der Waals surface area contributed by atoms with Crippen molar-refractivity contribution in [2.24, 2.45) is 0 Å². The van der Waals surface area contributed by atoms with E-state index in [1.54, 1.807) is 11.0 Å². The van der Waals surface area contributed by atoms with Gasteiger partial charge in [-0.05, 0) is 53.8 Å². The number of amides is 2. The molecule has 3 aromatic rings. The quantitative estimate of drug-likeness (QED) is 0.251. The van der Waals surface area contributed by atoms with Crippen LogP contribution in [0.25, 0.3) is 0 Å². The lowest BCUT2D eigenvalue weighted by Crippen LogP contribution is -2.52. The molecular formula is C30H31Cl3N2O2S. The van der Waals surface area contributed by atoms with Gasteiger partial charge in [0.15, 0.2) is 0 Å². The van der Waals surface area contributed by atoms with Gasteiger partial charge in [-0.1, -0.05) is 96.2 Å². The Balaban J connectivity index is 1.55. The lowest BCUT2D eigenvalue weighted by molar-refractivity contribution is -0.139. The van der Waals surface area contributed by atoms with Crippen LogP contribution in [-0.4, -0.2) is 34.6 Å². The van der Waals surface area contributed by atoms with Crippen LogP contribution in [0.4, 0.5) is 0 Å². The minimum Gasteiger partial charge on any atom is -0.352 e. The number of hydrogen-bond donors (Lipinski definition) is 1. The van der Waals surface area contributed by atoms with E-state index in [1.807, 2.05) is 66.7 Å². The van der Waals surface area contributed by atoms with Gasteiger partial charge in [-0.3, -0.25) is 9.59 Å². The molecule has 1 fully saturated rings. The first kappa shape index (κ1) is 28.8. The van der Waals surface area contributed by atoms with Crippen molar-refractivity contribution < 1.29 is 9.59 Å². The molecule has 2 amide bonds. The van der Waals surface area contributed by atoms with Gasteiger partial charge in [-0.15, -0.1) is 11.8 Å². The fourth-order valence-corrected chi connectivity index (χ4v) is 5.98. The van der Waals surface area contributed by atoms with Gasteiger partial charge in [0, 0.05) is 29.8 Å². The van der Waals surface area contributed by atoms with E-state index in [1.165, 1.54) is 11.8 Å². The number of benzene rings is 3. The number of rotatable bonds is 11. The summed E-state index contributed by atoms with van der Waals surface area (Å²) in [5, 5.41) is 4.86. The summed E-state index contributed by atoms with van der Waals surface area (Å²) >= 11 is 19.8. The van der Waals surface area contributed by atoms with Crippen LogP contribution in [0.3, 0.4) is 0 Å². The normalized spacial score (nSPS) is 14.3. The zero-order valence-corrected chi connectivity index (χ0v) is 24.1. The molecule has 1 atom stereocenters. The fraction of sp³-hybridized carbons (Fsp3) is 0.333. The first-order valence-electron chi connectivity index (χ1n) is 12.8. The van der Waals surface area contributed by atoms with Crippen molar-refractivity contribution in [1.29, 1.82) is 0 Å². The monoisotopic (exact) mass is 588 g/mol. The highest BCUT2D eigenvalue weighted by Gasteiger charge is 2.32. The molecule has 0 saturated heterocycles. The molecule has 4 nitrogen and oxygen atoms in total. The van der Waals surface area contributed by atoms with Crippen molar-refractivity contribution in [3.8, 4) is 0 Å². The Bertz CT molecular complexity index is 1220. The number of halogens is 3. The molecular weight excluding hydrogens is 559 g/mol. The predicted octanol–water partition coefficient (Wildman–Crippen LogP) is 7.58. The van der Waals surface area contributed by atoms with Gasteiger partial charge < -0.3 is 10.2 Å². The molecule has 0 radical (unpaired) electrons. The molecule has 1 N–H and O–H groups in total. The SMILES string of the molecule is O=C(NC1CCCC1)[C@H](Cc1ccccc1)N(Cc1ccc(Cl)cc1)C(=O)CSCc1ccc(Cl)c(Cl)c1. The maximum atomic E-state index is 13.8. The third kappa shape index (κ3) is 8.41. The maximum Gasteiger partial charge on any atom is 0.243 e. The van der Waals surface area contributed by atoms with E-state index < -0.39 is 6.04 Å². The molecule has 1 aliphatic rings. The summed E-state index contributed by atoms with van der Waals surface area (Å²) in [5.41, 5.74) is 2.92. The Morgan fingerprint density at radius 3 is 2.24 bits per heavy atom. The summed E-state index contributed by atoms with van der Waals surface area (Å²) in [4.78, 5) is 29.2. The summed E-state index contributed by atoms with van der Waals surface area (Å²) in [6.07, 6.45) is 4.64. The summed E-state index contributed by atoms with van der Waals surface area (Å²) in [6, 6.07) is 22.3. The van der Waals surface area contributed by atoms with Crippen molar-refractivity contribution in [1.82, 2.24) is 10.2 Å². The van der Waals surface area contributed by atoms with Crippen LogP contribution in [-0.2, 0) is 28.3 Å². The Morgan fingerprint density at radius 1 is 0.868 bits per heavy atom. The second-order valence-corrected chi connectivity index (χ2v) is 11.8. The lowest BCUT2D eigenvalue weighted by atomic mass is 10.0. The van der Waals surface area contributed by atoms with Gasteiger partial charge in [-0.2, -0.15) is 0 Å². The average Bonchev–Trinajstić information content (AvgIpc) is 3.43. The molecule has 0 unspecified atom stereocenters. The van der Waals surface area contributed by atoms with E-state index in [2.05, 4.69) is 5.32 Å². The van der Waals surface area contributed by atoms with Gasteiger partial charge in [0.1, 0.15) is 6.04 Å². The summed E-state index contributed by atoms with van der Waals surface area (Å²) in [6.45, 7) is 0.318. The van der Waals surface area contributed by atoms with Gasteiger partial charge in [-0.25, -0.2) is 0 Å². The third-order valence-electron chi connectivity index (χ3n) is 6.72. The van der Waals surface area contributed by atoms with Crippen LogP contribution in [0.2, 0.25) is 15.1 Å². The molecule has 0 bridgehead atoms. The van der Waals surface area contributed by atoms with Gasteiger partial charge in [0.25, 0.3) is 0 Å². The lowest BCUT2D eigenvalue weighted by Gasteiger charge is -2.32. The molecule has 0 aromatic heterocycles. The van der Waals surface area contributed by atoms with E-state index in [0.29, 0.717) is 33.8 Å². The molecule has 0 spiro atoms. The summed E-state index contributed by atoms with van der Waals surface area (Å²) in [5.74, 6) is 0.648. The van der Waals surface area contributed by atoms with Crippen molar-refractivity contribution in [3.63, 3.8) is 0 Å². The van der Waals surface area contributed by atoms with E-state index in [-0.39, 0.29) is 23.6 Å². The first-order chi connectivity index (χ1) is 18.4. The second-order valence-electron chi connectivity index (χ2n) is 9.58. The fourth-order valence-electron chi connectivity index (χ4n) is 4.68. The molecule has 0 aliphatic heterocycles. The molecule has 4 rings (SSSR count). The van der Waals surface area contributed by atoms with Crippen LogP contribution in [0.5, 0.6) is 0 Å². The van der Waals surface area contributed by atoms with Crippen molar-refractivity contribution in [2.45, 2.75) is 56.5 Å². The number of nitrogens with zero attached hydrogens (tertiary/aromatic N) is 1. The molecule has 1 saturated carbocycles.